The van der Waals surface area contributed by atoms with Gasteiger partial charge < -0.3 is 14.8 Å². The van der Waals surface area contributed by atoms with Gasteiger partial charge in [-0.2, -0.15) is 0 Å². The minimum atomic E-state index is -3.20. The first kappa shape index (κ1) is 19.8. The van der Waals surface area contributed by atoms with Crippen LogP contribution in [0.5, 0.6) is 11.5 Å². The zero-order chi connectivity index (χ0) is 20.1. The van der Waals surface area contributed by atoms with E-state index in [4.69, 9.17) is 9.47 Å². The first-order chi connectivity index (χ1) is 13.4. The predicted octanol–water partition coefficient (Wildman–Crippen LogP) is 2.90. The van der Waals surface area contributed by atoms with Crippen molar-refractivity contribution in [1.82, 2.24) is 0 Å². The molecule has 1 saturated heterocycles. The van der Waals surface area contributed by atoms with Crippen molar-refractivity contribution in [3.05, 3.63) is 54.1 Å². The van der Waals surface area contributed by atoms with Crippen LogP contribution in [0.1, 0.15) is 12.0 Å². The van der Waals surface area contributed by atoms with Gasteiger partial charge in [-0.1, -0.05) is 12.1 Å². The van der Waals surface area contributed by atoms with E-state index in [9.17, 15) is 13.2 Å². The summed E-state index contributed by atoms with van der Waals surface area (Å²) in [6.45, 7) is 0.502. The topological polar surface area (TPSA) is 84.9 Å². The van der Waals surface area contributed by atoms with Gasteiger partial charge in [0.2, 0.25) is 15.9 Å². The number of hydrogen-bond donors (Lipinski definition) is 1. The van der Waals surface area contributed by atoms with E-state index in [0.29, 0.717) is 35.8 Å². The zero-order valence-electron chi connectivity index (χ0n) is 15.7. The quantitative estimate of drug-likeness (QED) is 0.751. The van der Waals surface area contributed by atoms with Gasteiger partial charge in [0.05, 0.1) is 31.3 Å². The molecule has 1 N–H and O–H groups in total. The first-order valence-corrected chi connectivity index (χ1v) is 10.4. The standard InChI is InChI=1S/C20H22N2O5S/c1-26-17-9-10-19(27-2)18(14-17)21-20(23)11-6-15-4-7-16(8-5-15)22-12-3-13-28(22,24)25/h4-11,14H,3,12-13H2,1-2H3,(H,21,23). The fourth-order valence-corrected chi connectivity index (χ4v) is 4.50. The maximum absolute atomic E-state index is 12.2. The number of nitrogens with zero attached hydrogens (tertiary/aromatic N) is 1. The largest absolute Gasteiger partial charge is 0.497 e. The molecule has 3 rings (SSSR count). The molecule has 8 heteroatoms. The molecule has 0 bridgehead atoms. The number of carbonyl (C=O) groups is 1. The summed E-state index contributed by atoms with van der Waals surface area (Å²) in [5.74, 6) is 0.992. The average molecular weight is 402 g/mol. The molecule has 1 aliphatic heterocycles. The highest BCUT2D eigenvalue weighted by molar-refractivity contribution is 7.93. The Bertz CT molecular complexity index is 984. The number of carbonyl (C=O) groups excluding carboxylic acids is 1. The number of methoxy groups -OCH3 is 2. The third-order valence-corrected chi connectivity index (χ3v) is 6.24. The van der Waals surface area contributed by atoms with Crippen molar-refractivity contribution in [3.8, 4) is 11.5 Å². The Morgan fingerprint density at radius 2 is 1.86 bits per heavy atom. The minimum absolute atomic E-state index is 0.183. The van der Waals surface area contributed by atoms with E-state index < -0.39 is 10.0 Å². The fraction of sp³-hybridized carbons (Fsp3) is 0.250. The third kappa shape index (κ3) is 4.45. The molecule has 148 valence electrons. The summed E-state index contributed by atoms with van der Waals surface area (Å²) in [5.41, 5.74) is 1.93. The lowest BCUT2D eigenvalue weighted by Gasteiger charge is -2.16. The van der Waals surface area contributed by atoms with Crippen molar-refractivity contribution in [2.45, 2.75) is 6.42 Å². The van der Waals surface area contributed by atoms with E-state index in [-0.39, 0.29) is 11.7 Å². The van der Waals surface area contributed by atoms with Crippen LogP contribution < -0.4 is 19.1 Å². The monoisotopic (exact) mass is 402 g/mol. The van der Waals surface area contributed by atoms with Crippen LogP contribution >= 0.6 is 0 Å². The summed E-state index contributed by atoms with van der Waals surface area (Å²) in [6, 6.07) is 12.2. The molecular formula is C20H22N2O5S. The molecule has 1 fully saturated rings. The second kappa shape index (κ2) is 8.35. The number of ether oxygens (including phenoxy) is 2. The summed E-state index contributed by atoms with van der Waals surface area (Å²) in [5, 5.41) is 2.76. The number of benzene rings is 2. The molecule has 1 amide bonds. The number of sulfonamides is 1. The molecular weight excluding hydrogens is 380 g/mol. The van der Waals surface area contributed by atoms with E-state index in [1.807, 2.05) is 0 Å². The highest BCUT2D eigenvalue weighted by atomic mass is 32.2. The Kier molecular flexibility index (Phi) is 5.89. The lowest BCUT2D eigenvalue weighted by Crippen LogP contribution is -2.24. The molecule has 0 aliphatic carbocycles. The number of amides is 1. The molecule has 2 aromatic rings. The summed E-state index contributed by atoms with van der Waals surface area (Å²) in [6.07, 6.45) is 3.70. The fourth-order valence-electron chi connectivity index (χ4n) is 2.94. The Balaban J connectivity index is 1.68. The van der Waals surface area contributed by atoms with Gasteiger partial charge in [0.15, 0.2) is 0 Å². The second-order valence-electron chi connectivity index (χ2n) is 6.22. The van der Waals surface area contributed by atoms with Gasteiger partial charge in [0.25, 0.3) is 0 Å². The van der Waals surface area contributed by atoms with Crippen LogP contribution in [0.25, 0.3) is 6.08 Å². The molecule has 0 unspecified atom stereocenters. The van der Waals surface area contributed by atoms with Crippen LogP contribution in [0, 0.1) is 0 Å². The Hall–Kier alpha value is -3.00. The van der Waals surface area contributed by atoms with Crippen molar-refractivity contribution in [2.75, 3.05) is 36.1 Å². The summed E-state index contributed by atoms with van der Waals surface area (Å²) in [4.78, 5) is 12.2. The van der Waals surface area contributed by atoms with Crippen LogP contribution in [0.2, 0.25) is 0 Å². The van der Waals surface area contributed by atoms with Crippen molar-refractivity contribution >= 4 is 33.4 Å². The first-order valence-electron chi connectivity index (χ1n) is 8.74. The predicted molar refractivity (Wildman–Crippen MR) is 109 cm³/mol. The van der Waals surface area contributed by atoms with Crippen molar-refractivity contribution in [1.29, 1.82) is 0 Å². The number of hydrogen-bond acceptors (Lipinski definition) is 5. The zero-order valence-corrected chi connectivity index (χ0v) is 16.5. The normalized spacial score (nSPS) is 15.6. The van der Waals surface area contributed by atoms with Gasteiger partial charge in [-0.3, -0.25) is 9.10 Å². The van der Waals surface area contributed by atoms with Crippen LogP contribution in [-0.4, -0.2) is 40.8 Å². The number of anilines is 2. The van der Waals surface area contributed by atoms with E-state index in [1.54, 1.807) is 55.7 Å². The van der Waals surface area contributed by atoms with Gasteiger partial charge in [0, 0.05) is 18.7 Å². The molecule has 0 radical (unpaired) electrons. The Morgan fingerprint density at radius 3 is 2.46 bits per heavy atom. The number of rotatable bonds is 6. The van der Waals surface area contributed by atoms with Gasteiger partial charge in [0.1, 0.15) is 11.5 Å². The second-order valence-corrected chi connectivity index (χ2v) is 8.23. The highest BCUT2D eigenvalue weighted by Gasteiger charge is 2.28. The lowest BCUT2D eigenvalue weighted by atomic mass is 10.2. The van der Waals surface area contributed by atoms with Crippen molar-refractivity contribution < 1.29 is 22.7 Å². The minimum Gasteiger partial charge on any atom is -0.497 e. The highest BCUT2D eigenvalue weighted by Crippen LogP contribution is 2.29. The van der Waals surface area contributed by atoms with Gasteiger partial charge >= 0.3 is 0 Å². The van der Waals surface area contributed by atoms with Crippen LogP contribution in [0.4, 0.5) is 11.4 Å². The van der Waals surface area contributed by atoms with Crippen LogP contribution in [0.3, 0.4) is 0 Å². The molecule has 0 aromatic heterocycles. The van der Waals surface area contributed by atoms with Gasteiger partial charge in [-0.05, 0) is 42.3 Å². The molecule has 1 aliphatic rings. The van der Waals surface area contributed by atoms with Gasteiger partial charge in [-0.15, -0.1) is 0 Å². The molecule has 0 atom stereocenters. The third-order valence-electron chi connectivity index (χ3n) is 4.37. The molecule has 1 heterocycles. The van der Waals surface area contributed by atoms with Gasteiger partial charge in [-0.25, -0.2) is 8.42 Å². The van der Waals surface area contributed by atoms with E-state index >= 15 is 0 Å². The van der Waals surface area contributed by atoms with Crippen LogP contribution in [-0.2, 0) is 14.8 Å². The van der Waals surface area contributed by atoms with E-state index in [0.717, 1.165) is 5.56 Å². The maximum atomic E-state index is 12.2. The lowest BCUT2D eigenvalue weighted by molar-refractivity contribution is -0.111. The molecule has 2 aromatic carbocycles. The summed E-state index contributed by atoms with van der Waals surface area (Å²) in [7, 11) is -0.127. The Morgan fingerprint density at radius 1 is 1.11 bits per heavy atom. The molecule has 0 spiro atoms. The van der Waals surface area contributed by atoms with E-state index in [2.05, 4.69) is 5.32 Å². The Labute approximate surface area is 164 Å². The molecule has 28 heavy (non-hydrogen) atoms. The van der Waals surface area contributed by atoms with Crippen LogP contribution in [0.15, 0.2) is 48.5 Å². The van der Waals surface area contributed by atoms with E-state index in [1.165, 1.54) is 17.5 Å². The smallest absolute Gasteiger partial charge is 0.248 e. The van der Waals surface area contributed by atoms with Crippen molar-refractivity contribution in [3.63, 3.8) is 0 Å². The summed E-state index contributed by atoms with van der Waals surface area (Å²) < 4.78 is 35.8. The SMILES string of the molecule is COc1ccc(OC)c(NC(=O)C=Cc2ccc(N3CCCS3(=O)=O)cc2)c1. The molecule has 0 saturated carbocycles. The number of nitrogens with one attached hydrogen (secondary N) is 1. The van der Waals surface area contributed by atoms with Crippen molar-refractivity contribution in [2.24, 2.45) is 0 Å². The summed E-state index contributed by atoms with van der Waals surface area (Å²) >= 11 is 0. The average Bonchev–Trinajstić information content (AvgIpc) is 3.05. The maximum Gasteiger partial charge on any atom is 0.248 e. The molecule has 7 nitrogen and oxygen atoms in total.